The summed E-state index contributed by atoms with van der Waals surface area (Å²) in [5, 5.41) is 2.36. The number of anilines is 1. The zero-order valence-electron chi connectivity index (χ0n) is 16.1. The molecule has 2 aliphatic rings. The van der Waals surface area contributed by atoms with Crippen LogP contribution >= 0.6 is 22.9 Å². The van der Waals surface area contributed by atoms with Gasteiger partial charge in [-0.15, -0.1) is 11.3 Å². The molecule has 1 amide bonds. The number of amides is 1. The van der Waals surface area contributed by atoms with Crippen LogP contribution in [0.4, 0.5) is 5.69 Å². The normalized spacial score (nSPS) is 18.8. The fraction of sp³-hybridized carbons (Fsp3) is 0.450. The van der Waals surface area contributed by atoms with Crippen LogP contribution in [0.2, 0.25) is 5.02 Å². The molecule has 2 fully saturated rings. The van der Waals surface area contributed by atoms with E-state index >= 15 is 0 Å². The highest BCUT2D eigenvalue weighted by Gasteiger charge is 2.31. The van der Waals surface area contributed by atoms with Gasteiger partial charge in [0.1, 0.15) is 4.21 Å². The van der Waals surface area contributed by atoms with Crippen molar-refractivity contribution in [3.8, 4) is 0 Å². The van der Waals surface area contributed by atoms with E-state index in [2.05, 4.69) is 4.90 Å². The molecule has 1 aromatic carbocycles. The van der Waals surface area contributed by atoms with Crippen LogP contribution in [0.5, 0.6) is 0 Å². The molecule has 0 aliphatic carbocycles. The third kappa shape index (κ3) is 4.45. The summed E-state index contributed by atoms with van der Waals surface area (Å²) in [6.07, 6.45) is 3.17. The molecule has 3 heterocycles. The molecule has 2 saturated heterocycles. The Morgan fingerprint density at radius 2 is 1.59 bits per heavy atom. The Kier molecular flexibility index (Phi) is 6.15. The third-order valence-corrected chi connectivity index (χ3v) is 9.06. The number of nitrogens with zero attached hydrogens (tertiary/aromatic N) is 3. The van der Waals surface area contributed by atoms with Crippen molar-refractivity contribution in [1.29, 1.82) is 0 Å². The number of carbonyl (C=O) groups is 1. The monoisotopic (exact) mass is 453 g/mol. The van der Waals surface area contributed by atoms with Gasteiger partial charge < -0.3 is 9.80 Å². The van der Waals surface area contributed by atoms with Gasteiger partial charge in [-0.2, -0.15) is 4.31 Å². The quantitative estimate of drug-likeness (QED) is 0.710. The van der Waals surface area contributed by atoms with Crippen LogP contribution in [0.3, 0.4) is 0 Å². The minimum Gasteiger partial charge on any atom is -0.369 e. The number of hydrogen-bond donors (Lipinski definition) is 0. The van der Waals surface area contributed by atoms with Crippen LogP contribution < -0.4 is 4.90 Å². The predicted octanol–water partition coefficient (Wildman–Crippen LogP) is 3.54. The number of benzene rings is 1. The number of halogens is 1. The van der Waals surface area contributed by atoms with Crippen LogP contribution in [-0.4, -0.2) is 62.8 Å². The summed E-state index contributed by atoms with van der Waals surface area (Å²) in [7, 11) is -3.58. The van der Waals surface area contributed by atoms with Gasteiger partial charge in [0.15, 0.2) is 0 Å². The van der Waals surface area contributed by atoms with Gasteiger partial charge in [-0.05, 0) is 49.6 Å². The van der Waals surface area contributed by atoms with Crippen molar-refractivity contribution < 1.29 is 13.2 Å². The summed E-state index contributed by atoms with van der Waals surface area (Å²) in [6, 6.07) is 9.12. The van der Waals surface area contributed by atoms with E-state index in [1.165, 1.54) is 4.31 Å². The molecule has 9 heteroatoms. The Hall–Kier alpha value is -1.61. The second kappa shape index (κ2) is 8.63. The van der Waals surface area contributed by atoms with Gasteiger partial charge in [-0.25, -0.2) is 8.42 Å². The summed E-state index contributed by atoms with van der Waals surface area (Å²) in [5.41, 5.74) is 1.52. The first kappa shape index (κ1) is 20.7. The number of hydrogen-bond acceptors (Lipinski definition) is 5. The van der Waals surface area contributed by atoms with Crippen LogP contribution in [0.15, 0.2) is 39.9 Å². The maximum atomic E-state index is 13.1. The average molecular weight is 454 g/mol. The second-order valence-corrected chi connectivity index (χ2v) is 10.9. The molecule has 0 N–H and O–H groups in total. The lowest BCUT2D eigenvalue weighted by Gasteiger charge is -2.35. The fourth-order valence-corrected chi connectivity index (χ4v) is 6.66. The van der Waals surface area contributed by atoms with Gasteiger partial charge in [0.2, 0.25) is 0 Å². The summed E-state index contributed by atoms with van der Waals surface area (Å²) < 4.78 is 27.9. The van der Waals surface area contributed by atoms with Crippen LogP contribution in [0.25, 0.3) is 0 Å². The Balaban J connectivity index is 1.42. The number of thiophene rings is 1. The van der Waals surface area contributed by atoms with Crippen molar-refractivity contribution in [2.45, 2.75) is 23.5 Å². The first-order valence-electron chi connectivity index (χ1n) is 9.83. The summed E-state index contributed by atoms with van der Waals surface area (Å²) in [6.45, 7) is 3.57. The Morgan fingerprint density at radius 1 is 0.931 bits per heavy atom. The third-order valence-electron chi connectivity index (χ3n) is 5.49. The first-order chi connectivity index (χ1) is 13.9. The molecule has 0 atom stereocenters. The fourth-order valence-electron chi connectivity index (χ4n) is 3.81. The smallest absolute Gasteiger partial charge is 0.254 e. The summed E-state index contributed by atoms with van der Waals surface area (Å²) in [5.74, 6) is -0.0602. The Bertz CT molecular complexity index is 961. The number of carbonyl (C=O) groups excluding carboxylic acids is 1. The summed E-state index contributed by atoms with van der Waals surface area (Å²) in [4.78, 5) is 16.6. The Labute approximate surface area is 180 Å². The summed E-state index contributed by atoms with van der Waals surface area (Å²) >= 11 is 7.08. The largest absolute Gasteiger partial charge is 0.369 e. The maximum Gasteiger partial charge on any atom is 0.254 e. The molecule has 0 radical (unpaired) electrons. The van der Waals surface area contributed by atoms with E-state index in [0.717, 1.165) is 49.4 Å². The zero-order valence-corrected chi connectivity index (χ0v) is 18.5. The highest BCUT2D eigenvalue weighted by Crippen LogP contribution is 2.27. The highest BCUT2D eigenvalue weighted by molar-refractivity contribution is 7.91. The molecular formula is C20H24ClN3O3S2. The van der Waals surface area contributed by atoms with Crippen molar-refractivity contribution in [3.63, 3.8) is 0 Å². The maximum absolute atomic E-state index is 13.1. The average Bonchev–Trinajstić information content (AvgIpc) is 3.26. The Morgan fingerprint density at radius 3 is 2.24 bits per heavy atom. The van der Waals surface area contributed by atoms with E-state index in [1.54, 1.807) is 11.4 Å². The van der Waals surface area contributed by atoms with Crippen molar-refractivity contribution in [1.82, 2.24) is 9.21 Å². The lowest BCUT2D eigenvalue weighted by Crippen LogP contribution is -2.48. The van der Waals surface area contributed by atoms with Gasteiger partial charge in [-0.3, -0.25) is 4.79 Å². The molecule has 4 rings (SSSR count). The molecular weight excluding hydrogens is 430 g/mol. The van der Waals surface area contributed by atoms with E-state index < -0.39 is 10.0 Å². The van der Waals surface area contributed by atoms with Gasteiger partial charge >= 0.3 is 0 Å². The number of sulfonamides is 1. The first-order valence-corrected chi connectivity index (χ1v) is 12.5. The molecule has 0 spiro atoms. The van der Waals surface area contributed by atoms with Gasteiger partial charge in [0, 0.05) is 55.4 Å². The van der Waals surface area contributed by atoms with E-state index in [-0.39, 0.29) is 10.1 Å². The standard InChI is InChI=1S/C20H24ClN3O3S2/c21-17-4-6-18(7-5-17)22-10-12-24(13-11-22)29(26,27)19-14-16(15-28-19)20(25)23-8-2-1-3-9-23/h4-7,14-15H,1-3,8-13H2. The van der Waals surface area contributed by atoms with Crippen molar-refractivity contribution in [2.75, 3.05) is 44.2 Å². The minimum absolute atomic E-state index is 0.0602. The minimum atomic E-state index is -3.58. The molecule has 1 aromatic heterocycles. The molecule has 156 valence electrons. The molecule has 6 nitrogen and oxygen atoms in total. The van der Waals surface area contributed by atoms with Crippen LogP contribution in [0, 0.1) is 0 Å². The van der Waals surface area contributed by atoms with Crippen LogP contribution in [-0.2, 0) is 10.0 Å². The van der Waals surface area contributed by atoms with Crippen molar-refractivity contribution in [3.05, 3.63) is 46.3 Å². The molecule has 0 saturated carbocycles. The zero-order chi connectivity index (χ0) is 20.4. The second-order valence-electron chi connectivity index (χ2n) is 7.37. The topological polar surface area (TPSA) is 60.9 Å². The lowest BCUT2D eigenvalue weighted by atomic mass is 10.1. The number of piperazine rings is 1. The van der Waals surface area contributed by atoms with Gasteiger partial charge in [0.25, 0.3) is 15.9 Å². The number of likely N-dealkylation sites (tertiary alicyclic amines) is 1. The van der Waals surface area contributed by atoms with Gasteiger partial charge in [0.05, 0.1) is 5.56 Å². The number of rotatable bonds is 4. The van der Waals surface area contributed by atoms with E-state index in [4.69, 9.17) is 11.6 Å². The van der Waals surface area contributed by atoms with E-state index in [9.17, 15) is 13.2 Å². The van der Waals surface area contributed by atoms with E-state index in [1.807, 2.05) is 29.2 Å². The lowest BCUT2D eigenvalue weighted by molar-refractivity contribution is 0.0725. The predicted molar refractivity (Wildman–Crippen MR) is 116 cm³/mol. The van der Waals surface area contributed by atoms with Crippen molar-refractivity contribution >= 4 is 44.6 Å². The van der Waals surface area contributed by atoms with Crippen molar-refractivity contribution in [2.24, 2.45) is 0 Å². The van der Waals surface area contributed by atoms with E-state index in [0.29, 0.717) is 36.8 Å². The molecule has 0 unspecified atom stereocenters. The SMILES string of the molecule is O=C(c1csc(S(=O)(=O)N2CCN(c3ccc(Cl)cc3)CC2)c1)N1CCCCC1. The number of piperidine rings is 1. The van der Waals surface area contributed by atoms with Gasteiger partial charge in [-0.1, -0.05) is 11.6 Å². The highest BCUT2D eigenvalue weighted by atomic mass is 35.5. The van der Waals surface area contributed by atoms with Crippen LogP contribution in [0.1, 0.15) is 29.6 Å². The molecule has 2 aromatic rings. The molecule has 29 heavy (non-hydrogen) atoms. The molecule has 2 aliphatic heterocycles. The molecule has 0 bridgehead atoms.